The first-order valence-corrected chi connectivity index (χ1v) is 7.68. The van der Waals surface area contributed by atoms with Crippen LogP contribution < -0.4 is 4.90 Å². The van der Waals surface area contributed by atoms with E-state index in [9.17, 15) is 5.26 Å². The Hall–Kier alpha value is -1.05. The summed E-state index contributed by atoms with van der Waals surface area (Å²) >= 11 is 3.46. The highest BCUT2D eigenvalue weighted by Gasteiger charge is 2.23. The predicted octanol–water partition coefficient (Wildman–Crippen LogP) is 3.26. The molecule has 19 heavy (non-hydrogen) atoms. The second-order valence-electron chi connectivity index (χ2n) is 4.93. The van der Waals surface area contributed by atoms with Gasteiger partial charge in [0.25, 0.3) is 0 Å². The molecule has 2 rings (SSSR count). The molecule has 4 heteroatoms. The fourth-order valence-electron chi connectivity index (χ4n) is 2.55. The van der Waals surface area contributed by atoms with E-state index in [0.29, 0.717) is 0 Å². The number of benzene rings is 1. The zero-order valence-corrected chi connectivity index (χ0v) is 12.9. The molecule has 1 aliphatic heterocycles. The van der Waals surface area contributed by atoms with Crippen LogP contribution in [0.15, 0.2) is 28.7 Å². The first kappa shape index (κ1) is 14.4. The Morgan fingerprint density at radius 3 is 2.37 bits per heavy atom. The van der Waals surface area contributed by atoms with E-state index in [1.165, 1.54) is 5.69 Å². The van der Waals surface area contributed by atoms with E-state index in [0.717, 1.165) is 43.5 Å². The molecule has 3 nitrogen and oxygen atoms in total. The van der Waals surface area contributed by atoms with Crippen molar-refractivity contribution in [3.8, 4) is 6.07 Å². The van der Waals surface area contributed by atoms with Crippen LogP contribution in [0, 0.1) is 11.3 Å². The molecule has 0 radical (unpaired) electrons. The minimum atomic E-state index is 0.0945. The Labute approximate surface area is 123 Å². The lowest BCUT2D eigenvalue weighted by atomic mass is 10.1. The molecule has 1 heterocycles. The van der Waals surface area contributed by atoms with Crippen LogP contribution in [0.5, 0.6) is 0 Å². The van der Waals surface area contributed by atoms with E-state index >= 15 is 0 Å². The van der Waals surface area contributed by atoms with Gasteiger partial charge < -0.3 is 4.90 Å². The number of hydrogen-bond donors (Lipinski definition) is 0. The van der Waals surface area contributed by atoms with Crippen molar-refractivity contribution in [2.75, 3.05) is 31.1 Å². The van der Waals surface area contributed by atoms with Gasteiger partial charge in [0, 0.05) is 36.3 Å². The zero-order chi connectivity index (χ0) is 13.7. The fourth-order valence-corrected chi connectivity index (χ4v) is 2.81. The smallest absolute Gasteiger partial charge is 0.0979 e. The lowest BCUT2D eigenvalue weighted by Crippen LogP contribution is -2.50. The van der Waals surface area contributed by atoms with Crippen LogP contribution in [-0.2, 0) is 0 Å². The topological polar surface area (TPSA) is 30.3 Å². The van der Waals surface area contributed by atoms with Gasteiger partial charge in [-0.1, -0.05) is 29.3 Å². The van der Waals surface area contributed by atoms with Crippen LogP contribution in [0.25, 0.3) is 0 Å². The predicted molar refractivity (Wildman–Crippen MR) is 82.2 cm³/mol. The summed E-state index contributed by atoms with van der Waals surface area (Å²) in [6, 6.07) is 11.0. The minimum Gasteiger partial charge on any atom is -0.369 e. The van der Waals surface area contributed by atoms with E-state index in [-0.39, 0.29) is 6.04 Å². The molecule has 0 aromatic heterocycles. The molecule has 1 fully saturated rings. The summed E-state index contributed by atoms with van der Waals surface area (Å²) in [6.45, 7) is 6.11. The van der Waals surface area contributed by atoms with Crippen LogP contribution >= 0.6 is 15.9 Å². The highest BCUT2D eigenvalue weighted by Crippen LogP contribution is 2.20. The molecule has 0 aliphatic carbocycles. The van der Waals surface area contributed by atoms with Gasteiger partial charge >= 0.3 is 0 Å². The Kier molecular flexibility index (Phi) is 5.24. The maximum atomic E-state index is 9.21. The van der Waals surface area contributed by atoms with Crippen molar-refractivity contribution >= 4 is 21.6 Å². The molecule has 0 spiro atoms. The second-order valence-corrected chi connectivity index (χ2v) is 5.85. The summed E-state index contributed by atoms with van der Waals surface area (Å²) in [5.41, 5.74) is 1.27. The quantitative estimate of drug-likeness (QED) is 0.852. The van der Waals surface area contributed by atoms with E-state index in [2.05, 4.69) is 63.0 Å². The van der Waals surface area contributed by atoms with Crippen molar-refractivity contribution < 1.29 is 0 Å². The van der Waals surface area contributed by atoms with E-state index in [4.69, 9.17) is 0 Å². The summed E-state index contributed by atoms with van der Waals surface area (Å²) in [6.07, 6.45) is 2.06. The SMILES string of the molecule is CCCC(C#N)N1CCN(c2ccc(Br)cc2)CC1. The Balaban J connectivity index is 1.92. The van der Waals surface area contributed by atoms with Crippen LogP contribution in [0.1, 0.15) is 19.8 Å². The zero-order valence-electron chi connectivity index (χ0n) is 11.3. The van der Waals surface area contributed by atoms with Gasteiger partial charge in [-0.2, -0.15) is 5.26 Å². The maximum absolute atomic E-state index is 9.21. The van der Waals surface area contributed by atoms with Crippen LogP contribution in [-0.4, -0.2) is 37.1 Å². The average Bonchev–Trinajstić information content (AvgIpc) is 2.46. The Morgan fingerprint density at radius 1 is 1.21 bits per heavy atom. The van der Waals surface area contributed by atoms with Crippen LogP contribution in [0.3, 0.4) is 0 Å². The van der Waals surface area contributed by atoms with E-state index in [1.54, 1.807) is 0 Å². The van der Waals surface area contributed by atoms with Gasteiger partial charge in [0.2, 0.25) is 0 Å². The fraction of sp³-hybridized carbons (Fsp3) is 0.533. The number of halogens is 1. The molecule has 0 bridgehead atoms. The molecule has 102 valence electrons. The monoisotopic (exact) mass is 321 g/mol. The van der Waals surface area contributed by atoms with Gasteiger partial charge in [-0.05, 0) is 30.7 Å². The minimum absolute atomic E-state index is 0.0945. The summed E-state index contributed by atoms with van der Waals surface area (Å²) in [5, 5.41) is 9.21. The summed E-state index contributed by atoms with van der Waals surface area (Å²) in [5.74, 6) is 0. The van der Waals surface area contributed by atoms with Crippen molar-refractivity contribution in [2.45, 2.75) is 25.8 Å². The molecule has 1 aliphatic rings. The number of piperazine rings is 1. The van der Waals surface area contributed by atoms with Crippen LogP contribution in [0.4, 0.5) is 5.69 Å². The van der Waals surface area contributed by atoms with E-state index in [1.807, 2.05) is 0 Å². The summed E-state index contributed by atoms with van der Waals surface area (Å²) in [4.78, 5) is 4.71. The molecule has 0 N–H and O–H groups in total. The highest BCUT2D eigenvalue weighted by atomic mass is 79.9. The van der Waals surface area contributed by atoms with Crippen molar-refractivity contribution in [3.63, 3.8) is 0 Å². The van der Waals surface area contributed by atoms with Gasteiger partial charge in [0.05, 0.1) is 12.1 Å². The molecule has 1 aromatic carbocycles. The first-order chi connectivity index (χ1) is 9.24. The van der Waals surface area contributed by atoms with Crippen molar-refractivity contribution in [1.82, 2.24) is 4.90 Å². The first-order valence-electron chi connectivity index (χ1n) is 6.88. The third kappa shape index (κ3) is 3.71. The number of nitrogens with zero attached hydrogens (tertiary/aromatic N) is 3. The van der Waals surface area contributed by atoms with Crippen molar-refractivity contribution in [2.24, 2.45) is 0 Å². The summed E-state index contributed by atoms with van der Waals surface area (Å²) in [7, 11) is 0. The third-order valence-corrected chi connectivity index (χ3v) is 4.19. The maximum Gasteiger partial charge on any atom is 0.0979 e. The molecule has 0 amide bonds. The molecular formula is C15H20BrN3. The number of anilines is 1. The number of hydrogen-bond acceptors (Lipinski definition) is 3. The molecule has 1 saturated heterocycles. The number of rotatable bonds is 4. The second kappa shape index (κ2) is 6.93. The van der Waals surface area contributed by atoms with Gasteiger partial charge in [-0.25, -0.2) is 0 Å². The van der Waals surface area contributed by atoms with Gasteiger partial charge in [-0.15, -0.1) is 0 Å². The van der Waals surface area contributed by atoms with Gasteiger partial charge in [0.1, 0.15) is 0 Å². The standard InChI is InChI=1S/C15H20BrN3/c1-2-3-15(12-17)19-10-8-18(9-11-19)14-6-4-13(16)5-7-14/h4-7,15H,2-3,8-11H2,1H3. The van der Waals surface area contributed by atoms with Crippen molar-refractivity contribution in [1.29, 1.82) is 5.26 Å². The van der Waals surface area contributed by atoms with E-state index < -0.39 is 0 Å². The molecule has 0 saturated carbocycles. The average molecular weight is 322 g/mol. The highest BCUT2D eigenvalue weighted by molar-refractivity contribution is 9.10. The Morgan fingerprint density at radius 2 is 1.84 bits per heavy atom. The van der Waals surface area contributed by atoms with Gasteiger partial charge in [0.15, 0.2) is 0 Å². The normalized spacial score (nSPS) is 18.1. The largest absolute Gasteiger partial charge is 0.369 e. The molecular weight excluding hydrogens is 302 g/mol. The Bertz CT molecular complexity index is 430. The molecule has 1 atom stereocenters. The summed E-state index contributed by atoms with van der Waals surface area (Å²) < 4.78 is 1.11. The molecule has 1 unspecified atom stereocenters. The van der Waals surface area contributed by atoms with Gasteiger partial charge in [-0.3, -0.25) is 4.90 Å². The van der Waals surface area contributed by atoms with Crippen molar-refractivity contribution in [3.05, 3.63) is 28.7 Å². The van der Waals surface area contributed by atoms with Crippen LogP contribution in [0.2, 0.25) is 0 Å². The third-order valence-electron chi connectivity index (χ3n) is 3.66. The lowest BCUT2D eigenvalue weighted by molar-refractivity contribution is 0.211. The lowest BCUT2D eigenvalue weighted by Gasteiger charge is -2.38. The number of nitriles is 1. The molecule has 1 aromatic rings.